The van der Waals surface area contributed by atoms with Gasteiger partial charge < -0.3 is 10.2 Å². The molecule has 4 rings (SSSR count). The molecule has 29 heavy (non-hydrogen) atoms. The van der Waals surface area contributed by atoms with E-state index in [0.29, 0.717) is 25.9 Å². The second-order valence-corrected chi connectivity index (χ2v) is 7.81. The molecule has 0 bridgehead atoms. The lowest BCUT2D eigenvalue weighted by atomic mass is 9.87. The first-order chi connectivity index (χ1) is 13.9. The molecule has 0 saturated carbocycles. The van der Waals surface area contributed by atoms with E-state index in [1.54, 1.807) is 15.8 Å². The van der Waals surface area contributed by atoms with Gasteiger partial charge in [-0.05, 0) is 38.3 Å². The van der Waals surface area contributed by atoms with Gasteiger partial charge in [0.1, 0.15) is 11.6 Å². The number of benzene rings is 1. The zero-order valence-electron chi connectivity index (χ0n) is 16.7. The summed E-state index contributed by atoms with van der Waals surface area (Å²) >= 11 is 0. The van der Waals surface area contributed by atoms with Crippen molar-refractivity contribution in [2.45, 2.75) is 44.8 Å². The van der Waals surface area contributed by atoms with Gasteiger partial charge in [-0.15, -0.1) is 0 Å². The van der Waals surface area contributed by atoms with Crippen LogP contribution in [0.3, 0.4) is 0 Å². The maximum absolute atomic E-state index is 13.1. The lowest BCUT2D eigenvalue weighted by molar-refractivity contribution is -0.140. The Morgan fingerprint density at radius 1 is 1.17 bits per heavy atom. The zero-order valence-corrected chi connectivity index (χ0v) is 16.7. The molecular weight excluding hydrogens is 370 g/mol. The molecule has 0 radical (unpaired) electrons. The summed E-state index contributed by atoms with van der Waals surface area (Å²) in [5.41, 5.74) is 0.922. The van der Waals surface area contributed by atoms with E-state index in [0.717, 1.165) is 11.3 Å². The van der Waals surface area contributed by atoms with Crippen LogP contribution in [-0.4, -0.2) is 56.1 Å². The molecule has 2 saturated heterocycles. The number of hydrogen-bond acceptors (Lipinski definition) is 4. The van der Waals surface area contributed by atoms with Gasteiger partial charge in [0.15, 0.2) is 0 Å². The molecule has 2 aromatic rings. The molecule has 2 fully saturated rings. The summed E-state index contributed by atoms with van der Waals surface area (Å²) in [6.45, 7) is 4.85. The smallest absolute Gasteiger partial charge is 0.325 e. The number of nitrogens with zero attached hydrogens (tertiary/aromatic N) is 4. The Morgan fingerprint density at radius 3 is 2.48 bits per heavy atom. The van der Waals surface area contributed by atoms with Crippen molar-refractivity contribution in [1.29, 1.82) is 0 Å². The standard InChI is InChI=1S/C21H25N5O3/c1-15-8-11-22-26(15)16(2)18(27)24-12-9-21(10-13-24)19(28)25(20(29)23-21)14-17-6-4-3-5-7-17/h3-8,11,16H,9-10,12-14H2,1-2H3,(H,23,29)/t16-/m1/s1. The highest BCUT2D eigenvalue weighted by Gasteiger charge is 2.52. The van der Waals surface area contributed by atoms with Crippen LogP contribution in [0.15, 0.2) is 42.6 Å². The number of aryl methyl sites for hydroxylation is 1. The number of hydrogen-bond donors (Lipinski definition) is 1. The molecule has 1 spiro atoms. The summed E-state index contributed by atoms with van der Waals surface area (Å²) in [7, 11) is 0. The van der Waals surface area contributed by atoms with Crippen molar-refractivity contribution in [2.75, 3.05) is 13.1 Å². The molecule has 2 aliphatic heterocycles. The average Bonchev–Trinajstić information content (AvgIpc) is 3.25. The number of nitrogens with one attached hydrogen (secondary N) is 1. The van der Waals surface area contributed by atoms with Crippen molar-refractivity contribution in [1.82, 2.24) is 24.9 Å². The van der Waals surface area contributed by atoms with Gasteiger partial charge in [0, 0.05) is 25.0 Å². The van der Waals surface area contributed by atoms with Crippen molar-refractivity contribution in [3.63, 3.8) is 0 Å². The number of likely N-dealkylation sites (tertiary alicyclic amines) is 1. The number of piperidine rings is 1. The summed E-state index contributed by atoms with van der Waals surface area (Å²) in [6.07, 6.45) is 2.51. The first-order valence-corrected chi connectivity index (χ1v) is 9.88. The Hall–Kier alpha value is -3.16. The van der Waals surface area contributed by atoms with Crippen LogP contribution in [0.5, 0.6) is 0 Å². The number of carbonyl (C=O) groups is 3. The predicted molar refractivity (Wildman–Crippen MR) is 106 cm³/mol. The molecule has 3 heterocycles. The van der Waals surface area contributed by atoms with Gasteiger partial charge in [0.2, 0.25) is 5.91 Å². The van der Waals surface area contributed by atoms with E-state index in [-0.39, 0.29) is 24.4 Å². The van der Waals surface area contributed by atoms with Gasteiger partial charge >= 0.3 is 6.03 Å². The Kier molecular flexibility index (Phi) is 4.86. The molecule has 8 heteroatoms. The first kappa shape index (κ1) is 19.2. The molecule has 0 unspecified atom stereocenters. The van der Waals surface area contributed by atoms with E-state index < -0.39 is 11.6 Å². The quantitative estimate of drug-likeness (QED) is 0.801. The SMILES string of the molecule is Cc1ccnn1[C@H](C)C(=O)N1CCC2(CC1)NC(=O)N(Cc1ccccc1)C2=O. The third kappa shape index (κ3) is 3.39. The van der Waals surface area contributed by atoms with Gasteiger partial charge in [-0.25, -0.2) is 4.79 Å². The largest absolute Gasteiger partial charge is 0.341 e. The maximum atomic E-state index is 13.1. The maximum Gasteiger partial charge on any atom is 0.325 e. The molecule has 1 N–H and O–H groups in total. The molecule has 1 aromatic heterocycles. The van der Waals surface area contributed by atoms with Crippen LogP contribution in [0.1, 0.15) is 37.1 Å². The molecule has 2 aliphatic rings. The number of urea groups is 1. The van der Waals surface area contributed by atoms with E-state index in [9.17, 15) is 14.4 Å². The molecule has 4 amide bonds. The van der Waals surface area contributed by atoms with Gasteiger partial charge in [0.25, 0.3) is 5.91 Å². The number of carbonyl (C=O) groups excluding carboxylic acids is 3. The van der Waals surface area contributed by atoms with Crippen molar-refractivity contribution in [3.8, 4) is 0 Å². The minimum absolute atomic E-state index is 0.0236. The van der Waals surface area contributed by atoms with E-state index in [1.165, 1.54) is 4.90 Å². The highest BCUT2D eigenvalue weighted by molar-refractivity contribution is 6.07. The lowest BCUT2D eigenvalue weighted by Gasteiger charge is -2.38. The average molecular weight is 395 g/mol. The third-order valence-electron chi connectivity index (χ3n) is 5.95. The minimum Gasteiger partial charge on any atom is -0.341 e. The second-order valence-electron chi connectivity index (χ2n) is 7.81. The van der Waals surface area contributed by atoms with Crippen LogP contribution in [0.2, 0.25) is 0 Å². The van der Waals surface area contributed by atoms with E-state index in [2.05, 4.69) is 10.4 Å². The summed E-state index contributed by atoms with van der Waals surface area (Å²) in [4.78, 5) is 41.5. The van der Waals surface area contributed by atoms with Crippen LogP contribution in [0, 0.1) is 6.92 Å². The Labute approximate surface area is 169 Å². The van der Waals surface area contributed by atoms with Crippen LogP contribution in [0.4, 0.5) is 4.79 Å². The molecule has 152 valence electrons. The fourth-order valence-electron chi connectivity index (χ4n) is 4.19. The highest BCUT2D eigenvalue weighted by Crippen LogP contribution is 2.31. The summed E-state index contributed by atoms with van der Waals surface area (Å²) in [5.74, 6) is -0.223. The molecule has 1 atom stereocenters. The van der Waals surface area contributed by atoms with E-state index in [4.69, 9.17) is 0 Å². The van der Waals surface area contributed by atoms with E-state index in [1.807, 2.05) is 50.2 Å². The van der Waals surface area contributed by atoms with Crippen LogP contribution in [0.25, 0.3) is 0 Å². The molecule has 8 nitrogen and oxygen atoms in total. The fraction of sp³-hybridized carbons (Fsp3) is 0.429. The van der Waals surface area contributed by atoms with Crippen LogP contribution >= 0.6 is 0 Å². The summed E-state index contributed by atoms with van der Waals surface area (Å²) in [5, 5.41) is 7.12. The normalized spacial score (nSPS) is 19.5. The van der Waals surface area contributed by atoms with E-state index >= 15 is 0 Å². The molecular formula is C21H25N5O3. The monoisotopic (exact) mass is 395 g/mol. The Bertz CT molecular complexity index is 931. The first-order valence-electron chi connectivity index (χ1n) is 9.88. The van der Waals surface area contributed by atoms with Crippen LogP contribution < -0.4 is 5.32 Å². The highest BCUT2D eigenvalue weighted by atomic mass is 16.2. The summed E-state index contributed by atoms with van der Waals surface area (Å²) in [6, 6.07) is 10.6. The van der Waals surface area contributed by atoms with Crippen molar-refractivity contribution < 1.29 is 14.4 Å². The van der Waals surface area contributed by atoms with Gasteiger partial charge in [0.05, 0.1) is 6.54 Å². The zero-order chi connectivity index (χ0) is 20.6. The van der Waals surface area contributed by atoms with Gasteiger partial charge in [-0.2, -0.15) is 5.10 Å². The topological polar surface area (TPSA) is 87.5 Å². The number of rotatable bonds is 4. The predicted octanol–water partition coefficient (Wildman–Crippen LogP) is 1.87. The minimum atomic E-state index is -0.909. The second kappa shape index (κ2) is 7.35. The van der Waals surface area contributed by atoms with Gasteiger partial charge in [-0.3, -0.25) is 19.2 Å². The number of aromatic nitrogens is 2. The van der Waals surface area contributed by atoms with Gasteiger partial charge in [-0.1, -0.05) is 30.3 Å². The molecule has 1 aromatic carbocycles. The number of amides is 4. The Balaban J connectivity index is 1.42. The lowest BCUT2D eigenvalue weighted by Crippen LogP contribution is -2.56. The molecule has 0 aliphatic carbocycles. The van der Waals surface area contributed by atoms with Crippen molar-refractivity contribution in [3.05, 3.63) is 53.9 Å². The third-order valence-corrected chi connectivity index (χ3v) is 5.95. The van der Waals surface area contributed by atoms with Crippen LogP contribution in [-0.2, 0) is 16.1 Å². The Morgan fingerprint density at radius 2 is 1.86 bits per heavy atom. The number of imide groups is 1. The van der Waals surface area contributed by atoms with Crippen molar-refractivity contribution >= 4 is 17.8 Å². The van der Waals surface area contributed by atoms with Crippen molar-refractivity contribution in [2.24, 2.45) is 0 Å². The fourth-order valence-corrected chi connectivity index (χ4v) is 4.19. The summed E-state index contributed by atoms with van der Waals surface area (Å²) < 4.78 is 1.71.